The maximum atomic E-state index is 9.45. The van der Waals surface area contributed by atoms with E-state index in [1.165, 1.54) is 19.3 Å². The molecule has 0 spiro atoms. The topological polar surface area (TPSA) is 85.1 Å². The molecule has 1 fully saturated rings. The Morgan fingerprint density at radius 3 is 2.60 bits per heavy atom. The van der Waals surface area contributed by atoms with Crippen molar-refractivity contribution >= 4 is 5.69 Å². The van der Waals surface area contributed by atoms with Crippen LogP contribution in [0.15, 0.2) is 29.7 Å². The first-order valence-electron chi connectivity index (χ1n) is 7.17. The summed E-state index contributed by atoms with van der Waals surface area (Å²) < 4.78 is 5.59. The zero-order chi connectivity index (χ0) is 14.1. The number of benzene rings is 1. The van der Waals surface area contributed by atoms with Crippen LogP contribution in [-0.2, 0) is 0 Å². The van der Waals surface area contributed by atoms with Crippen LogP contribution in [-0.4, -0.2) is 0 Å². The van der Waals surface area contributed by atoms with Crippen molar-refractivity contribution in [2.75, 3.05) is 5.73 Å². The summed E-state index contributed by atoms with van der Waals surface area (Å²) in [5.74, 6) is 1.48. The number of nitriles is 1. The average Bonchev–Trinajstić information content (AvgIpc) is 2.46. The molecular formula is C16H19N3O. The van der Waals surface area contributed by atoms with Gasteiger partial charge in [-0.3, -0.25) is 0 Å². The summed E-state index contributed by atoms with van der Waals surface area (Å²) in [6.45, 7) is 0. The number of nitrogen functional groups attached to an aromatic ring is 1. The molecule has 4 heteroatoms. The molecule has 2 aliphatic rings. The van der Waals surface area contributed by atoms with E-state index in [9.17, 15) is 5.26 Å². The highest BCUT2D eigenvalue weighted by atomic mass is 16.5. The van der Waals surface area contributed by atoms with Crippen LogP contribution in [0.2, 0.25) is 0 Å². The Morgan fingerprint density at radius 1 is 1.15 bits per heavy atom. The molecule has 1 aromatic carbocycles. The van der Waals surface area contributed by atoms with Crippen molar-refractivity contribution in [2.45, 2.75) is 38.0 Å². The molecule has 0 unspecified atom stereocenters. The number of rotatable bonds is 1. The maximum Gasteiger partial charge on any atom is 0.205 e. The highest BCUT2D eigenvalue weighted by molar-refractivity contribution is 5.56. The van der Waals surface area contributed by atoms with Crippen molar-refractivity contribution in [3.63, 3.8) is 0 Å². The van der Waals surface area contributed by atoms with Gasteiger partial charge in [-0.1, -0.05) is 25.3 Å². The Morgan fingerprint density at radius 2 is 1.90 bits per heavy atom. The number of nitrogens with zero attached hydrogens (tertiary/aromatic N) is 1. The zero-order valence-corrected chi connectivity index (χ0v) is 11.4. The summed E-state index contributed by atoms with van der Waals surface area (Å²) >= 11 is 0. The van der Waals surface area contributed by atoms with Crippen molar-refractivity contribution < 1.29 is 4.74 Å². The number of hydrogen-bond acceptors (Lipinski definition) is 4. The summed E-state index contributed by atoms with van der Waals surface area (Å²) in [6, 6.07) is 7.90. The van der Waals surface area contributed by atoms with E-state index in [1.807, 2.05) is 12.1 Å². The first-order valence-corrected chi connectivity index (χ1v) is 7.17. The highest BCUT2D eigenvalue weighted by Crippen LogP contribution is 2.47. The number of allylic oxidation sites excluding steroid dienone is 1. The van der Waals surface area contributed by atoms with Crippen molar-refractivity contribution in [3.8, 4) is 11.8 Å². The van der Waals surface area contributed by atoms with E-state index in [4.69, 9.17) is 16.2 Å². The van der Waals surface area contributed by atoms with Gasteiger partial charge < -0.3 is 16.2 Å². The Balaban J connectivity index is 2.07. The molecule has 0 bridgehead atoms. The molecule has 0 aromatic heterocycles. The van der Waals surface area contributed by atoms with Crippen molar-refractivity contribution in [3.05, 3.63) is 35.2 Å². The lowest BCUT2D eigenvalue weighted by molar-refractivity contribution is 0.299. The summed E-state index contributed by atoms with van der Waals surface area (Å²) in [5.41, 5.74) is 14.0. The van der Waals surface area contributed by atoms with Crippen LogP contribution >= 0.6 is 0 Å². The number of anilines is 1. The molecule has 1 heterocycles. The van der Waals surface area contributed by atoms with E-state index in [0.717, 1.165) is 18.4 Å². The van der Waals surface area contributed by atoms with Crippen LogP contribution in [0.3, 0.4) is 0 Å². The standard InChI is InChI=1S/C16H19N3O/c17-9-13-15(10-4-2-1-3-5-10)12-7-6-11(18)8-14(12)20-16(13)19/h6-8,10,15H,1-5,18-19H2/t15-/m0/s1. The number of fused-ring (bicyclic) bond motifs is 1. The fourth-order valence-corrected chi connectivity index (χ4v) is 3.46. The van der Waals surface area contributed by atoms with Crippen LogP contribution < -0.4 is 16.2 Å². The van der Waals surface area contributed by atoms with Gasteiger partial charge in [0.15, 0.2) is 0 Å². The monoisotopic (exact) mass is 269 g/mol. The first-order chi connectivity index (χ1) is 9.70. The summed E-state index contributed by atoms with van der Waals surface area (Å²) in [4.78, 5) is 0. The molecule has 3 rings (SSSR count). The van der Waals surface area contributed by atoms with Gasteiger partial charge in [-0.2, -0.15) is 5.26 Å². The Kier molecular flexibility index (Phi) is 3.27. The molecule has 1 aliphatic carbocycles. The molecule has 0 radical (unpaired) electrons. The summed E-state index contributed by atoms with van der Waals surface area (Å²) in [5, 5.41) is 9.45. The third-order valence-electron chi connectivity index (χ3n) is 4.41. The minimum absolute atomic E-state index is 0.0599. The van der Waals surface area contributed by atoms with E-state index >= 15 is 0 Å². The molecule has 1 aromatic rings. The van der Waals surface area contributed by atoms with E-state index < -0.39 is 0 Å². The van der Waals surface area contributed by atoms with Crippen molar-refractivity contribution in [1.82, 2.24) is 0 Å². The second-order valence-electron chi connectivity index (χ2n) is 5.66. The molecule has 1 saturated carbocycles. The predicted octanol–water partition coefficient (Wildman–Crippen LogP) is 3.02. The average molecular weight is 269 g/mol. The van der Waals surface area contributed by atoms with Crippen LogP contribution in [0.1, 0.15) is 43.6 Å². The van der Waals surface area contributed by atoms with Gasteiger partial charge in [-0.05, 0) is 24.8 Å². The lowest BCUT2D eigenvalue weighted by Crippen LogP contribution is -2.26. The predicted molar refractivity (Wildman–Crippen MR) is 77.6 cm³/mol. The lowest BCUT2D eigenvalue weighted by atomic mass is 9.72. The van der Waals surface area contributed by atoms with Gasteiger partial charge in [0.1, 0.15) is 11.8 Å². The summed E-state index contributed by atoms with van der Waals surface area (Å²) in [6.07, 6.45) is 6.03. The molecule has 0 amide bonds. The maximum absolute atomic E-state index is 9.45. The Bertz CT molecular complexity index is 594. The van der Waals surface area contributed by atoms with Gasteiger partial charge in [0.25, 0.3) is 0 Å². The highest BCUT2D eigenvalue weighted by Gasteiger charge is 2.35. The fraction of sp³-hybridized carbons (Fsp3) is 0.438. The van der Waals surface area contributed by atoms with Crippen LogP contribution in [0.5, 0.6) is 5.75 Å². The Hall–Kier alpha value is -2.15. The van der Waals surface area contributed by atoms with Gasteiger partial charge in [-0.15, -0.1) is 0 Å². The third kappa shape index (κ3) is 2.09. The molecule has 104 valence electrons. The van der Waals surface area contributed by atoms with Gasteiger partial charge in [0.05, 0.1) is 5.57 Å². The minimum Gasteiger partial charge on any atom is -0.440 e. The molecular weight excluding hydrogens is 250 g/mol. The smallest absolute Gasteiger partial charge is 0.205 e. The minimum atomic E-state index is 0.0599. The normalized spacial score (nSPS) is 22.9. The Labute approximate surface area is 119 Å². The third-order valence-corrected chi connectivity index (χ3v) is 4.41. The van der Waals surface area contributed by atoms with E-state index in [1.54, 1.807) is 6.07 Å². The van der Waals surface area contributed by atoms with Gasteiger partial charge in [0, 0.05) is 23.2 Å². The summed E-state index contributed by atoms with van der Waals surface area (Å²) in [7, 11) is 0. The van der Waals surface area contributed by atoms with E-state index in [2.05, 4.69) is 6.07 Å². The molecule has 4 N–H and O–H groups in total. The van der Waals surface area contributed by atoms with Crippen LogP contribution in [0.25, 0.3) is 0 Å². The number of ether oxygens (including phenoxy) is 1. The fourth-order valence-electron chi connectivity index (χ4n) is 3.46. The quantitative estimate of drug-likeness (QED) is 0.767. The van der Waals surface area contributed by atoms with Crippen molar-refractivity contribution in [2.24, 2.45) is 11.7 Å². The molecule has 20 heavy (non-hydrogen) atoms. The van der Waals surface area contributed by atoms with Crippen LogP contribution in [0, 0.1) is 17.2 Å². The number of nitrogens with two attached hydrogens (primary N) is 2. The molecule has 1 aliphatic heterocycles. The zero-order valence-electron chi connectivity index (χ0n) is 11.4. The van der Waals surface area contributed by atoms with Gasteiger partial charge in [-0.25, -0.2) is 0 Å². The second-order valence-corrected chi connectivity index (χ2v) is 5.66. The number of hydrogen-bond donors (Lipinski definition) is 2. The van der Waals surface area contributed by atoms with Crippen molar-refractivity contribution in [1.29, 1.82) is 5.26 Å². The van der Waals surface area contributed by atoms with Gasteiger partial charge >= 0.3 is 0 Å². The first kappa shape index (κ1) is 12.9. The largest absolute Gasteiger partial charge is 0.440 e. The molecule has 0 saturated heterocycles. The SMILES string of the molecule is N#CC1=C(N)Oc2cc(N)ccc2[C@@H]1C1CCCCC1. The van der Waals surface area contributed by atoms with E-state index in [0.29, 0.717) is 22.9 Å². The molecule has 1 atom stereocenters. The molecule has 4 nitrogen and oxygen atoms in total. The van der Waals surface area contributed by atoms with Crippen LogP contribution in [0.4, 0.5) is 5.69 Å². The lowest BCUT2D eigenvalue weighted by Gasteiger charge is -2.34. The van der Waals surface area contributed by atoms with E-state index in [-0.39, 0.29) is 11.8 Å². The second kappa shape index (κ2) is 5.09. The van der Waals surface area contributed by atoms with Gasteiger partial charge in [0.2, 0.25) is 5.88 Å².